The van der Waals surface area contributed by atoms with E-state index in [9.17, 15) is 17.2 Å². The minimum absolute atomic E-state index is 0.181. The Bertz CT molecular complexity index is 733. The maximum absolute atomic E-state index is 13.9. The van der Waals surface area contributed by atoms with Crippen LogP contribution >= 0.6 is 0 Å². The Morgan fingerprint density at radius 2 is 1.77 bits per heavy atom. The summed E-state index contributed by atoms with van der Waals surface area (Å²) in [4.78, 5) is 1.53. The van der Waals surface area contributed by atoms with Crippen molar-refractivity contribution in [3.05, 3.63) is 29.8 Å². The number of likely N-dealkylation sites (tertiary alicyclic amines) is 1. The predicted molar refractivity (Wildman–Crippen MR) is 92.0 cm³/mol. The number of fused-ring (bicyclic) bond motifs is 2. The van der Waals surface area contributed by atoms with Crippen LogP contribution in [0.1, 0.15) is 19.3 Å². The lowest BCUT2D eigenvalue weighted by Gasteiger charge is -2.39. The molecule has 0 aromatic heterocycles. The standard InChI is InChI=1S/C18H24F2N2O3S/c19-15-2-1-3-16(20)18(15)26(23,24)21-17-13-4-5-14(17)10-22(9-13)8-12-6-7-25-11-12/h1-3,12-14,17,21H,4-11H2/t12?,13-,14+,17?. The molecule has 0 amide bonds. The molecule has 1 N–H and O–H groups in total. The van der Waals surface area contributed by atoms with Crippen LogP contribution in [0.2, 0.25) is 0 Å². The third kappa shape index (κ3) is 3.52. The van der Waals surface area contributed by atoms with Crippen molar-refractivity contribution in [3.8, 4) is 0 Å². The van der Waals surface area contributed by atoms with Crippen LogP contribution in [0.3, 0.4) is 0 Å². The van der Waals surface area contributed by atoms with Crippen molar-refractivity contribution in [1.82, 2.24) is 9.62 Å². The summed E-state index contributed by atoms with van der Waals surface area (Å²) in [6.07, 6.45) is 2.96. The van der Waals surface area contributed by atoms with Crippen LogP contribution < -0.4 is 4.72 Å². The van der Waals surface area contributed by atoms with Crippen LogP contribution in [0.25, 0.3) is 0 Å². The largest absolute Gasteiger partial charge is 0.381 e. The van der Waals surface area contributed by atoms with E-state index in [-0.39, 0.29) is 17.9 Å². The maximum atomic E-state index is 13.9. The number of nitrogens with zero attached hydrogens (tertiary/aromatic N) is 1. The van der Waals surface area contributed by atoms with E-state index in [2.05, 4.69) is 9.62 Å². The van der Waals surface area contributed by atoms with E-state index in [1.54, 1.807) is 0 Å². The molecule has 2 saturated heterocycles. The van der Waals surface area contributed by atoms with Gasteiger partial charge in [-0.25, -0.2) is 21.9 Å². The Morgan fingerprint density at radius 1 is 1.12 bits per heavy atom. The van der Waals surface area contributed by atoms with Gasteiger partial charge in [-0.3, -0.25) is 0 Å². The van der Waals surface area contributed by atoms with Crippen molar-refractivity contribution in [2.24, 2.45) is 17.8 Å². The average molecular weight is 386 g/mol. The van der Waals surface area contributed by atoms with Crippen LogP contribution in [0.4, 0.5) is 8.78 Å². The molecule has 2 heterocycles. The van der Waals surface area contributed by atoms with Gasteiger partial charge in [0.25, 0.3) is 0 Å². The molecule has 2 bridgehead atoms. The van der Waals surface area contributed by atoms with Crippen molar-refractivity contribution in [2.45, 2.75) is 30.2 Å². The molecule has 4 rings (SSSR count). The first-order chi connectivity index (χ1) is 12.4. The van der Waals surface area contributed by atoms with Crippen LogP contribution in [-0.2, 0) is 14.8 Å². The van der Waals surface area contributed by atoms with Gasteiger partial charge in [-0.15, -0.1) is 0 Å². The predicted octanol–water partition coefficient (Wildman–Crippen LogP) is 1.99. The van der Waals surface area contributed by atoms with E-state index in [1.807, 2.05) is 0 Å². The summed E-state index contributed by atoms with van der Waals surface area (Å²) in [6, 6.07) is 2.85. The first-order valence-corrected chi connectivity index (χ1v) is 10.7. The number of piperidine rings is 1. The summed E-state index contributed by atoms with van der Waals surface area (Å²) in [7, 11) is -4.23. The molecule has 1 saturated carbocycles. The second-order valence-corrected chi connectivity index (χ2v) is 9.39. The molecule has 4 atom stereocenters. The van der Waals surface area contributed by atoms with Gasteiger partial charge in [0.2, 0.25) is 10.0 Å². The number of nitrogens with one attached hydrogen (secondary N) is 1. The second kappa shape index (κ2) is 7.14. The summed E-state index contributed by atoms with van der Waals surface area (Å²) < 4.78 is 61.1. The lowest BCUT2D eigenvalue weighted by molar-refractivity contribution is 0.113. The van der Waals surface area contributed by atoms with E-state index >= 15 is 0 Å². The van der Waals surface area contributed by atoms with Crippen LogP contribution in [0.15, 0.2) is 23.1 Å². The third-order valence-electron chi connectivity index (χ3n) is 5.93. The molecule has 1 aromatic rings. The molecule has 144 valence electrons. The minimum atomic E-state index is -4.23. The molecule has 26 heavy (non-hydrogen) atoms. The zero-order valence-corrected chi connectivity index (χ0v) is 15.4. The van der Waals surface area contributed by atoms with Crippen molar-refractivity contribution in [1.29, 1.82) is 0 Å². The van der Waals surface area contributed by atoms with Crippen molar-refractivity contribution < 1.29 is 21.9 Å². The number of sulfonamides is 1. The Labute approximate surface area is 152 Å². The lowest BCUT2D eigenvalue weighted by atomic mass is 9.92. The Kier molecular flexibility index (Phi) is 5.02. The van der Waals surface area contributed by atoms with E-state index in [1.165, 1.54) is 6.07 Å². The van der Waals surface area contributed by atoms with Crippen molar-refractivity contribution in [2.75, 3.05) is 32.8 Å². The molecule has 2 aliphatic heterocycles. The van der Waals surface area contributed by atoms with E-state index in [4.69, 9.17) is 4.74 Å². The number of hydrogen-bond acceptors (Lipinski definition) is 4. The zero-order chi connectivity index (χ0) is 18.3. The van der Waals surface area contributed by atoms with Gasteiger partial charge >= 0.3 is 0 Å². The van der Waals surface area contributed by atoms with Gasteiger partial charge in [-0.1, -0.05) is 6.07 Å². The highest BCUT2D eigenvalue weighted by molar-refractivity contribution is 7.89. The first-order valence-electron chi connectivity index (χ1n) is 9.20. The van der Waals surface area contributed by atoms with Gasteiger partial charge in [-0.2, -0.15) is 0 Å². The topological polar surface area (TPSA) is 58.6 Å². The van der Waals surface area contributed by atoms with Crippen LogP contribution in [0, 0.1) is 29.4 Å². The van der Waals surface area contributed by atoms with Gasteiger partial charge in [0.05, 0.1) is 6.61 Å². The number of hydrogen-bond donors (Lipinski definition) is 1. The van der Waals surface area contributed by atoms with Gasteiger partial charge in [0.1, 0.15) is 11.6 Å². The summed E-state index contributed by atoms with van der Waals surface area (Å²) in [6.45, 7) is 4.24. The van der Waals surface area contributed by atoms with E-state index < -0.39 is 26.6 Å². The second-order valence-electron chi connectivity index (χ2n) is 7.74. The highest BCUT2D eigenvalue weighted by Gasteiger charge is 2.44. The summed E-state index contributed by atoms with van der Waals surface area (Å²) in [5.41, 5.74) is 0. The quantitative estimate of drug-likeness (QED) is 0.841. The molecule has 8 heteroatoms. The number of benzene rings is 1. The smallest absolute Gasteiger partial charge is 0.246 e. The van der Waals surface area contributed by atoms with Crippen molar-refractivity contribution in [3.63, 3.8) is 0 Å². The molecular weight excluding hydrogens is 362 g/mol. The zero-order valence-electron chi connectivity index (χ0n) is 14.5. The fraction of sp³-hybridized carbons (Fsp3) is 0.667. The van der Waals surface area contributed by atoms with Crippen molar-refractivity contribution >= 4 is 10.0 Å². The SMILES string of the molecule is O=S(=O)(NC1[C@@H]2CC[C@H]1CN(CC1CCOC1)C2)c1c(F)cccc1F. The molecular formula is C18H24F2N2O3S. The van der Waals surface area contributed by atoms with E-state index in [0.717, 1.165) is 64.2 Å². The Hall–Kier alpha value is -1.09. The fourth-order valence-corrected chi connectivity index (χ4v) is 6.24. The average Bonchev–Trinajstić information content (AvgIpc) is 3.13. The lowest BCUT2D eigenvalue weighted by Crippen LogP contribution is -2.53. The number of rotatable bonds is 5. The summed E-state index contributed by atoms with van der Waals surface area (Å²) in [5.74, 6) is -1.19. The number of ether oxygens (including phenoxy) is 1. The van der Waals surface area contributed by atoms with Gasteiger partial charge in [0, 0.05) is 32.3 Å². The monoisotopic (exact) mass is 386 g/mol. The van der Waals surface area contributed by atoms with Crippen LogP contribution in [0.5, 0.6) is 0 Å². The molecule has 0 spiro atoms. The highest BCUT2D eigenvalue weighted by Crippen LogP contribution is 2.38. The Morgan fingerprint density at radius 3 is 2.35 bits per heavy atom. The molecule has 0 radical (unpaired) electrons. The highest BCUT2D eigenvalue weighted by atomic mass is 32.2. The molecule has 1 aromatic carbocycles. The van der Waals surface area contributed by atoms with Gasteiger partial charge < -0.3 is 9.64 Å². The summed E-state index contributed by atoms with van der Waals surface area (Å²) >= 11 is 0. The molecule has 3 aliphatic rings. The number of halogens is 2. The normalized spacial score (nSPS) is 32.2. The van der Waals surface area contributed by atoms with Gasteiger partial charge in [-0.05, 0) is 49.1 Å². The molecule has 5 nitrogen and oxygen atoms in total. The third-order valence-corrected chi connectivity index (χ3v) is 7.44. The van der Waals surface area contributed by atoms with Gasteiger partial charge in [0.15, 0.2) is 4.90 Å². The van der Waals surface area contributed by atoms with E-state index in [0.29, 0.717) is 5.92 Å². The maximum Gasteiger partial charge on any atom is 0.246 e. The fourth-order valence-electron chi connectivity index (χ4n) is 4.73. The molecule has 1 aliphatic carbocycles. The molecule has 3 fully saturated rings. The molecule has 2 unspecified atom stereocenters. The Balaban J connectivity index is 1.46. The first kappa shape index (κ1) is 18.3. The van der Waals surface area contributed by atoms with Crippen LogP contribution in [-0.4, -0.2) is 52.2 Å². The summed E-state index contributed by atoms with van der Waals surface area (Å²) in [5, 5.41) is 0. The minimum Gasteiger partial charge on any atom is -0.381 e.